The van der Waals surface area contributed by atoms with Gasteiger partial charge >= 0.3 is 5.97 Å². The van der Waals surface area contributed by atoms with Crippen molar-refractivity contribution in [2.45, 2.75) is 58.0 Å². The predicted molar refractivity (Wildman–Crippen MR) is 78.1 cm³/mol. The first kappa shape index (κ1) is 15.3. The number of carbonyl (C=O) groups is 1. The van der Waals surface area contributed by atoms with Gasteiger partial charge < -0.3 is 5.11 Å². The number of hydrazine groups is 1. The first-order valence-corrected chi connectivity index (χ1v) is 7.76. The number of hydrogen-bond donors (Lipinski definition) is 4. The lowest BCUT2D eigenvalue weighted by Crippen LogP contribution is -2.61. The summed E-state index contributed by atoms with van der Waals surface area (Å²) in [6, 6.07) is 0. The molecule has 0 aromatic carbocycles. The third kappa shape index (κ3) is 3.93. The summed E-state index contributed by atoms with van der Waals surface area (Å²) in [5.74, 6) is 0.284. The molecule has 2 aliphatic rings. The number of nitrogens with one attached hydrogen (secondary N) is 3. The number of hydrogen-bond acceptors (Lipinski definition) is 5. The van der Waals surface area contributed by atoms with Crippen LogP contribution in [-0.2, 0) is 4.79 Å². The second-order valence-corrected chi connectivity index (χ2v) is 5.81. The van der Waals surface area contributed by atoms with E-state index in [1.165, 1.54) is 25.7 Å². The number of carboxylic acid groups (broad SMARTS) is 1. The molecule has 0 amide bonds. The molecule has 2 fully saturated rings. The minimum Gasteiger partial charge on any atom is -0.477 e. The fourth-order valence-electron chi connectivity index (χ4n) is 3.17. The topological polar surface area (TPSA) is 85.8 Å². The van der Waals surface area contributed by atoms with Gasteiger partial charge in [0.05, 0.1) is 0 Å². The lowest BCUT2D eigenvalue weighted by atomic mass is 9.77. The van der Waals surface area contributed by atoms with Crippen molar-refractivity contribution < 1.29 is 9.90 Å². The molecule has 3 unspecified atom stereocenters. The Morgan fingerprint density at radius 2 is 2.20 bits per heavy atom. The van der Waals surface area contributed by atoms with Gasteiger partial charge in [-0.05, 0) is 37.5 Å². The summed E-state index contributed by atoms with van der Waals surface area (Å²) in [4.78, 5) is 11.2. The summed E-state index contributed by atoms with van der Waals surface area (Å²) in [7, 11) is 0. The highest BCUT2D eigenvalue weighted by molar-refractivity contribution is 6.35. The van der Waals surface area contributed by atoms with Crippen LogP contribution in [0.25, 0.3) is 0 Å². The maximum Gasteiger partial charge on any atom is 0.352 e. The van der Waals surface area contributed by atoms with Crippen molar-refractivity contribution in [3.63, 3.8) is 0 Å². The van der Waals surface area contributed by atoms with Crippen LogP contribution in [-0.4, -0.2) is 29.5 Å². The van der Waals surface area contributed by atoms with Gasteiger partial charge in [0.25, 0.3) is 0 Å². The molecule has 1 saturated heterocycles. The maximum atomic E-state index is 11.2. The lowest BCUT2D eigenvalue weighted by molar-refractivity contribution is -0.129. The van der Waals surface area contributed by atoms with Gasteiger partial charge in [-0.15, -0.1) is 0 Å². The molecule has 1 saturated carbocycles. The van der Waals surface area contributed by atoms with E-state index in [0.29, 0.717) is 18.3 Å². The van der Waals surface area contributed by atoms with E-state index in [1.807, 2.05) is 6.92 Å². The maximum absolute atomic E-state index is 11.2. The van der Waals surface area contributed by atoms with Crippen LogP contribution >= 0.6 is 0 Å². The van der Waals surface area contributed by atoms with Crippen molar-refractivity contribution >= 4 is 11.7 Å². The quantitative estimate of drug-likeness (QED) is 0.437. The van der Waals surface area contributed by atoms with Gasteiger partial charge in [-0.2, -0.15) is 5.10 Å². The van der Waals surface area contributed by atoms with Crippen LogP contribution in [0.5, 0.6) is 0 Å². The highest BCUT2D eigenvalue weighted by atomic mass is 16.4. The summed E-state index contributed by atoms with van der Waals surface area (Å²) >= 11 is 0. The van der Waals surface area contributed by atoms with Crippen molar-refractivity contribution in [3.8, 4) is 0 Å². The van der Waals surface area contributed by atoms with Gasteiger partial charge in [0, 0.05) is 6.54 Å². The highest BCUT2D eigenvalue weighted by Gasteiger charge is 2.34. The van der Waals surface area contributed by atoms with E-state index in [0.717, 1.165) is 19.4 Å². The fraction of sp³-hybridized carbons (Fsp3) is 0.857. The van der Waals surface area contributed by atoms with Crippen LogP contribution < -0.4 is 16.3 Å². The smallest absolute Gasteiger partial charge is 0.352 e. The zero-order valence-corrected chi connectivity index (χ0v) is 12.2. The largest absolute Gasteiger partial charge is 0.477 e. The van der Waals surface area contributed by atoms with Crippen LogP contribution in [0.3, 0.4) is 0 Å². The highest BCUT2D eigenvalue weighted by Crippen LogP contribution is 2.32. The van der Waals surface area contributed by atoms with Gasteiger partial charge in [-0.25, -0.2) is 10.2 Å². The molecule has 1 aliphatic carbocycles. The van der Waals surface area contributed by atoms with Crippen molar-refractivity contribution in [3.05, 3.63) is 0 Å². The van der Waals surface area contributed by atoms with Crippen LogP contribution in [0.15, 0.2) is 5.10 Å². The van der Waals surface area contributed by atoms with E-state index in [2.05, 4.69) is 21.4 Å². The van der Waals surface area contributed by atoms with Crippen molar-refractivity contribution in [2.24, 2.45) is 16.9 Å². The molecule has 6 heteroatoms. The first-order chi connectivity index (χ1) is 9.72. The van der Waals surface area contributed by atoms with Crippen LogP contribution in [0.2, 0.25) is 0 Å². The molecule has 0 spiro atoms. The fourth-order valence-corrected chi connectivity index (χ4v) is 3.17. The average molecular weight is 282 g/mol. The third-order valence-electron chi connectivity index (χ3n) is 4.37. The second kappa shape index (κ2) is 7.59. The van der Waals surface area contributed by atoms with E-state index in [-0.39, 0.29) is 11.9 Å². The third-order valence-corrected chi connectivity index (χ3v) is 4.37. The number of fused-ring (bicyclic) bond motifs is 1. The minimum absolute atomic E-state index is 0.0324. The van der Waals surface area contributed by atoms with Crippen molar-refractivity contribution in [1.82, 2.24) is 16.3 Å². The summed E-state index contributed by atoms with van der Waals surface area (Å²) < 4.78 is 0. The number of aliphatic carboxylic acids is 1. The second-order valence-electron chi connectivity index (χ2n) is 5.81. The molecule has 0 radical (unpaired) electrons. The molecule has 4 N–H and O–H groups in total. The standard InChI is InChI=1S/C14H26N4O2/c1-2-3-8-12(14(19)20)16-18-13-11-7-5-4-6-10(11)9-15-17-13/h10-11,13,15,17-18H,2-9H2,1H3,(H,19,20)/b16-12+. The molecule has 1 heterocycles. The van der Waals surface area contributed by atoms with E-state index in [1.54, 1.807) is 0 Å². The Morgan fingerprint density at radius 1 is 1.40 bits per heavy atom. The molecule has 6 nitrogen and oxygen atoms in total. The Balaban J connectivity index is 1.94. The molecular formula is C14H26N4O2. The Morgan fingerprint density at radius 3 is 2.95 bits per heavy atom. The van der Waals surface area contributed by atoms with Crippen molar-refractivity contribution in [2.75, 3.05) is 6.54 Å². The zero-order valence-electron chi connectivity index (χ0n) is 12.2. The molecule has 0 bridgehead atoms. The summed E-state index contributed by atoms with van der Waals surface area (Å²) in [6.45, 7) is 3.04. The molecule has 20 heavy (non-hydrogen) atoms. The summed E-state index contributed by atoms with van der Waals surface area (Å²) in [5.41, 5.74) is 9.68. The van der Waals surface area contributed by atoms with Gasteiger partial charge in [0.2, 0.25) is 0 Å². The van der Waals surface area contributed by atoms with Crippen molar-refractivity contribution in [1.29, 1.82) is 0 Å². The molecular weight excluding hydrogens is 256 g/mol. The number of nitrogens with zero attached hydrogens (tertiary/aromatic N) is 1. The predicted octanol–water partition coefficient (Wildman–Crippen LogP) is 1.45. The molecule has 0 aromatic rings. The zero-order chi connectivity index (χ0) is 14.4. The van der Waals surface area contributed by atoms with E-state index in [4.69, 9.17) is 5.11 Å². The number of unbranched alkanes of at least 4 members (excludes halogenated alkanes) is 1. The van der Waals surface area contributed by atoms with Gasteiger partial charge in [0.15, 0.2) is 0 Å². The number of rotatable bonds is 6. The SMILES string of the molecule is CCCC/C(=N\NC1NNCC2CCCCC21)C(=O)O. The van der Waals surface area contributed by atoms with Crippen LogP contribution in [0.1, 0.15) is 51.9 Å². The number of carboxylic acids is 1. The van der Waals surface area contributed by atoms with Gasteiger partial charge in [0.1, 0.15) is 11.9 Å². The molecule has 0 aromatic heterocycles. The van der Waals surface area contributed by atoms with E-state index in [9.17, 15) is 4.79 Å². The molecule has 3 atom stereocenters. The van der Waals surface area contributed by atoms with E-state index < -0.39 is 5.97 Å². The van der Waals surface area contributed by atoms with Gasteiger partial charge in [-0.3, -0.25) is 10.9 Å². The minimum atomic E-state index is -0.921. The Kier molecular flexibility index (Phi) is 5.79. The van der Waals surface area contributed by atoms with Crippen LogP contribution in [0.4, 0.5) is 0 Å². The summed E-state index contributed by atoms with van der Waals surface area (Å²) in [6.07, 6.45) is 7.38. The Labute approximate surface area is 120 Å². The normalized spacial score (nSPS) is 30.6. The molecule has 114 valence electrons. The average Bonchev–Trinajstić information content (AvgIpc) is 2.47. The first-order valence-electron chi connectivity index (χ1n) is 7.76. The monoisotopic (exact) mass is 282 g/mol. The Bertz CT molecular complexity index is 357. The molecule has 1 aliphatic heterocycles. The molecule has 2 rings (SSSR count). The van der Waals surface area contributed by atoms with E-state index >= 15 is 0 Å². The van der Waals surface area contributed by atoms with Crippen LogP contribution in [0, 0.1) is 11.8 Å². The summed E-state index contributed by atoms with van der Waals surface area (Å²) in [5, 5.41) is 13.3. The lowest BCUT2D eigenvalue weighted by Gasteiger charge is -2.41. The Hall–Kier alpha value is -1.14. The van der Waals surface area contributed by atoms with Gasteiger partial charge in [-0.1, -0.05) is 26.2 Å². The number of hydrazone groups is 1.